The van der Waals surface area contributed by atoms with E-state index in [-0.39, 0.29) is 11.8 Å². The quantitative estimate of drug-likeness (QED) is 0.653. The van der Waals surface area contributed by atoms with Gasteiger partial charge in [0, 0.05) is 12.4 Å². The molecule has 2 rings (SSSR count). The van der Waals surface area contributed by atoms with Crippen molar-refractivity contribution in [2.45, 2.75) is 13.0 Å². The first-order valence-corrected chi connectivity index (χ1v) is 5.87. The van der Waals surface area contributed by atoms with Crippen LogP contribution in [0.25, 0.3) is 0 Å². The van der Waals surface area contributed by atoms with E-state index in [4.69, 9.17) is 10.6 Å². The minimum absolute atomic E-state index is 0.211. The SMILES string of the molecule is COc1ccc(C(NN)c2cnccc2C)cc1F. The fourth-order valence-electron chi connectivity index (χ4n) is 2.01. The highest BCUT2D eigenvalue weighted by molar-refractivity contribution is 5.38. The normalized spacial score (nSPS) is 12.2. The predicted octanol–water partition coefficient (Wildman–Crippen LogP) is 2.09. The van der Waals surface area contributed by atoms with Gasteiger partial charge < -0.3 is 4.74 Å². The van der Waals surface area contributed by atoms with E-state index in [9.17, 15) is 4.39 Å². The third-order valence-corrected chi connectivity index (χ3v) is 3.07. The van der Waals surface area contributed by atoms with Crippen molar-refractivity contribution in [2.24, 2.45) is 5.84 Å². The van der Waals surface area contributed by atoms with Crippen LogP contribution in [0.15, 0.2) is 36.7 Å². The Morgan fingerprint density at radius 2 is 2.16 bits per heavy atom. The van der Waals surface area contributed by atoms with Gasteiger partial charge in [-0.3, -0.25) is 10.8 Å². The molecule has 2 aromatic rings. The standard InChI is InChI=1S/C14H16FN3O/c1-9-5-6-17-8-11(9)14(18-16)10-3-4-13(19-2)12(15)7-10/h3-8,14,18H,16H2,1-2H3. The van der Waals surface area contributed by atoms with Crippen molar-refractivity contribution in [1.82, 2.24) is 10.4 Å². The minimum Gasteiger partial charge on any atom is -0.494 e. The third kappa shape index (κ3) is 2.72. The van der Waals surface area contributed by atoms with Crippen molar-refractivity contribution in [2.75, 3.05) is 7.11 Å². The van der Waals surface area contributed by atoms with Crippen LogP contribution in [0.1, 0.15) is 22.7 Å². The largest absolute Gasteiger partial charge is 0.494 e. The fraction of sp³-hybridized carbons (Fsp3) is 0.214. The van der Waals surface area contributed by atoms with Crippen LogP contribution in [-0.2, 0) is 0 Å². The molecule has 0 amide bonds. The van der Waals surface area contributed by atoms with Gasteiger partial charge >= 0.3 is 0 Å². The van der Waals surface area contributed by atoms with Crippen LogP contribution in [0.3, 0.4) is 0 Å². The molecule has 0 spiro atoms. The number of benzene rings is 1. The number of aryl methyl sites for hydroxylation is 1. The Labute approximate surface area is 111 Å². The Hall–Kier alpha value is -1.98. The Morgan fingerprint density at radius 3 is 2.74 bits per heavy atom. The Bertz CT molecular complexity index is 574. The van der Waals surface area contributed by atoms with Crippen LogP contribution in [-0.4, -0.2) is 12.1 Å². The maximum atomic E-state index is 13.8. The Morgan fingerprint density at radius 1 is 1.37 bits per heavy atom. The molecular weight excluding hydrogens is 245 g/mol. The highest BCUT2D eigenvalue weighted by Crippen LogP contribution is 2.27. The van der Waals surface area contributed by atoms with Gasteiger partial charge in [0.25, 0.3) is 0 Å². The average Bonchev–Trinajstić information content (AvgIpc) is 2.42. The molecule has 0 bridgehead atoms. The lowest BCUT2D eigenvalue weighted by Gasteiger charge is -2.19. The van der Waals surface area contributed by atoms with Crippen molar-refractivity contribution in [3.63, 3.8) is 0 Å². The second-order valence-electron chi connectivity index (χ2n) is 4.23. The molecule has 0 saturated carbocycles. The first-order valence-electron chi connectivity index (χ1n) is 5.87. The monoisotopic (exact) mass is 261 g/mol. The smallest absolute Gasteiger partial charge is 0.165 e. The average molecular weight is 261 g/mol. The molecule has 0 aliphatic rings. The van der Waals surface area contributed by atoms with Crippen molar-refractivity contribution < 1.29 is 9.13 Å². The summed E-state index contributed by atoms with van der Waals surface area (Å²) >= 11 is 0. The van der Waals surface area contributed by atoms with E-state index >= 15 is 0 Å². The number of hydrogen-bond donors (Lipinski definition) is 2. The van der Waals surface area contributed by atoms with Crippen molar-refractivity contribution in [3.05, 3.63) is 59.2 Å². The molecule has 1 aromatic carbocycles. The van der Waals surface area contributed by atoms with Gasteiger partial charge in [-0.05, 0) is 41.8 Å². The first kappa shape index (κ1) is 13.5. The van der Waals surface area contributed by atoms with Gasteiger partial charge in [0.05, 0.1) is 13.2 Å². The second-order valence-corrected chi connectivity index (χ2v) is 4.23. The maximum absolute atomic E-state index is 13.8. The molecule has 5 heteroatoms. The van der Waals surface area contributed by atoms with E-state index in [1.165, 1.54) is 13.2 Å². The van der Waals surface area contributed by atoms with Gasteiger partial charge in [-0.1, -0.05) is 6.07 Å². The van der Waals surface area contributed by atoms with Gasteiger partial charge in [-0.2, -0.15) is 0 Å². The lowest BCUT2D eigenvalue weighted by molar-refractivity contribution is 0.385. The number of nitrogens with zero attached hydrogens (tertiary/aromatic N) is 1. The van der Waals surface area contributed by atoms with E-state index in [1.54, 1.807) is 24.5 Å². The van der Waals surface area contributed by atoms with Crippen LogP contribution >= 0.6 is 0 Å². The van der Waals surface area contributed by atoms with Gasteiger partial charge in [0.15, 0.2) is 11.6 Å². The van der Waals surface area contributed by atoms with Crippen LogP contribution in [0.2, 0.25) is 0 Å². The molecule has 0 aliphatic carbocycles. The van der Waals surface area contributed by atoms with Crippen LogP contribution in [0.4, 0.5) is 4.39 Å². The number of hydrogen-bond acceptors (Lipinski definition) is 4. The molecule has 1 aromatic heterocycles. The highest BCUT2D eigenvalue weighted by atomic mass is 19.1. The van der Waals surface area contributed by atoms with E-state index in [0.29, 0.717) is 0 Å². The molecule has 3 N–H and O–H groups in total. The number of aromatic nitrogens is 1. The molecule has 1 heterocycles. The molecule has 0 aliphatic heterocycles. The number of nitrogens with one attached hydrogen (secondary N) is 1. The van der Waals surface area contributed by atoms with Crippen LogP contribution < -0.4 is 16.0 Å². The van der Waals surface area contributed by atoms with Gasteiger partial charge in [0.1, 0.15) is 0 Å². The molecule has 0 radical (unpaired) electrons. The summed E-state index contributed by atoms with van der Waals surface area (Å²) in [6, 6.07) is 6.35. The van der Waals surface area contributed by atoms with Crippen molar-refractivity contribution in [1.29, 1.82) is 0 Å². The summed E-state index contributed by atoms with van der Waals surface area (Å²) in [7, 11) is 1.43. The van der Waals surface area contributed by atoms with Gasteiger partial charge in [-0.25, -0.2) is 9.82 Å². The molecular formula is C14H16FN3O. The summed E-state index contributed by atoms with van der Waals surface area (Å²) in [5, 5.41) is 0. The summed E-state index contributed by atoms with van der Waals surface area (Å²) in [6.45, 7) is 1.96. The van der Waals surface area contributed by atoms with Gasteiger partial charge in [-0.15, -0.1) is 0 Å². The zero-order chi connectivity index (χ0) is 13.8. The maximum Gasteiger partial charge on any atom is 0.165 e. The molecule has 100 valence electrons. The van der Waals surface area contributed by atoms with E-state index in [0.717, 1.165) is 16.7 Å². The zero-order valence-corrected chi connectivity index (χ0v) is 10.9. The predicted molar refractivity (Wildman–Crippen MR) is 71.1 cm³/mol. The number of pyridine rings is 1. The third-order valence-electron chi connectivity index (χ3n) is 3.07. The van der Waals surface area contributed by atoms with Crippen molar-refractivity contribution in [3.8, 4) is 5.75 Å². The molecule has 19 heavy (non-hydrogen) atoms. The number of methoxy groups -OCH3 is 1. The van der Waals surface area contributed by atoms with Crippen LogP contribution in [0, 0.1) is 12.7 Å². The summed E-state index contributed by atoms with van der Waals surface area (Å²) in [5.41, 5.74) is 5.36. The number of rotatable bonds is 4. The number of halogens is 1. The van der Waals surface area contributed by atoms with Gasteiger partial charge in [0.2, 0.25) is 0 Å². The summed E-state index contributed by atoms with van der Waals surface area (Å²) in [5.74, 6) is 5.39. The highest BCUT2D eigenvalue weighted by Gasteiger charge is 2.16. The van der Waals surface area contributed by atoms with E-state index in [2.05, 4.69) is 10.4 Å². The zero-order valence-electron chi connectivity index (χ0n) is 10.9. The fourth-order valence-corrected chi connectivity index (χ4v) is 2.01. The number of ether oxygens (including phenoxy) is 1. The molecule has 1 unspecified atom stereocenters. The molecule has 4 nitrogen and oxygen atoms in total. The van der Waals surface area contributed by atoms with Crippen molar-refractivity contribution >= 4 is 0 Å². The lowest BCUT2D eigenvalue weighted by Crippen LogP contribution is -2.29. The van der Waals surface area contributed by atoms with Crippen LogP contribution in [0.5, 0.6) is 5.75 Å². The van der Waals surface area contributed by atoms with E-state index < -0.39 is 5.82 Å². The summed E-state index contributed by atoms with van der Waals surface area (Å²) in [4.78, 5) is 4.08. The Balaban J connectivity index is 2.43. The Kier molecular flexibility index (Phi) is 4.09. The minimum atomic E-state index is -0.415. The molecule has 0 saturated heterocycles. The van der Waals surface area contributed by atoms with E-state index in [1.807, 2.05) is 13.0 Å². The second kappa shape index (κ2) is 5.77. The number of hydrazine groups is 1. The summed E-state index contributed by atoms with van der Waals surface area (Å²) < 4.78 is 18.7. The number of nitrogens with two attached hydrogens (primary N) is 1. The summed E-state index contributed by atoms with van der Waals surface area (Å²) in [6.07, 6.45) is 3.43. The topological polar surface area (TPSA) is 60.2 Å². The molecule has 1 atom stereocenters. The lowest BCUT2D eigenvalue weighted by atomic mass is 9.97. The molecule has 0 fully saturated rings. The first-order chi connectivity index (χ1) is 9.17.